The van der Waals surface area contributed by atoms with Gasteiger partial charge in [0, 0.05) is 20.0 Å². The molecule has 0 N–H and O–H groups in total. The third kappa shape index (κ3) is 1.23. The first kappa shape index (κ1) is 8.69. The number of hydrogen-bond donors (Lipinski definition) is 0. The van der Waals surface area contributed by atoms with E-state index < -0.39 is 0 Å². The van der Waals surface area contributed by atoms with Crippen LogP contribution >= 0.6 is 38.5 Å². The number of Topliss-reactive ketones (excluding diaryl/α,β-unsaturated/α-hetero) is 1. The maximum atomic E-state index is 11.3. The standard InChI is InChI=1S/C9H6BrIO/c10-9-6-2-4-8(12)5(6)1-3-7(9)11/h1,3H,2,4H2. The summed E-state index contributed by atoms with van der Waals surface area (Å²) in [6, 6.07) is 3.91. The highest BCUT2D eigenvalue weighted by atomic mass is 127. The normalized spacial score (nSPS) is 15.0. The summed E-state index contributed by atoms with van der Waals surface area (Å²) in [5, 5.41) is 0. The predicted octanol–water partition coefficient (Wildman–Crippen LogP) is 3.18. The van der Waals surface area contributed by atoms with Gasteiger partial charge in [-0.3, -0.25) is 4.79 Å². The quantitative estimate of drug-likeness (QED) is 0.665. The van der Waals surface area contributed by atoms with Gasteiger partial charge in [0.25, 0.3) is 0 Å². The van der Waals surface area contributed by atoms with Gasteiger partial charge in [0.1, 0.15) is 0 Å². The van der Waals surface area contributed by atoms with Crippen LogP contribution in [-0.2, 0) is 6.42 Å². The Morgan fingerprint density at radius 1 is 1.33 bits per heavy atom. The number of ketones is 1. The van der Waals surface area contributed by atoms with Crippen molar-refractivity contribution in [2.24, 2.45) is 0 Å². The Labute approximate surface area is 92.8 Å². The van der Waals surface area contributed by atoms with Crippen molar-refractivity contribution in [2.75, 3.05) is 0 Å². The molecule has 0 heterocycles. The Bertz CT molecular complexity index is 360. The Hall–Kier alpha value is 0.1000. The Morgan fingerprint density at radius 3 is 2.83 bits per heavy atom. The number of fused-ring (bicyclic) bond motifs is 1. The molecule has 2 rings (SSSR count). The van der Waals surface area contributed by atoms with Gasteiger partial charge in [0.15, 0.2) is 5.78 Å². The van der Waals surface area contributed by atoms with Crippen LogP contribution in [0.2, 0.25) is 0 Å². The van der Waals surface area contributed by atoms with Gasteiger partial charge in [-0.05, 0) is 56.6 Å². The summed E-state index contributed by atoms with van der Waals surface area (Å²) in [6.07, 6.45) is 1.57. The lowest BCUT2D eigenvalue weighted by atomic mass is 10.1. The number of benzene rings is 1. The minimum absolute atomic E-state index is 0.280. The lowest BCUT2D eigenvalue weighted by Crippen LogP contribution is -1.91. The molecule has 1 aromatic carbocycles. The van der Waals surface area contributed by atoms with Crippen LogP contribution in [0.4, 0.5) is 0 Å². The highest BCUT2D eigenvalue weighted by Gasteiger charge is 2.22. The number of rotatable bonds is 0. The first-order chi connectivity index (χ1) is 5.70. The van der Waals surface area contributed by atoms with Crippen LogP contribution in [0.15, 0.2) is 16.6 Å². The van der Waals surface area contributed by atoms with Gasteiger partial charge in [-0.2, -0.15) is 0 Å². The van der Waals surface area contributed by atoms with Crippen molar-refractivity contribution >= 4 is 44.3 Å². The minimum atomic E-state index is 0.280. The Balaban J connectivity index is 2.68. The van der Waals surface area contributed by atoms with E-state index in [2.05, 4.69) is 38.5 Å². The Morgan fingerprint density at radius 2 is 2.08 bits per heavy atom. The van der Waals surface area contributed by atoms with Gasteiger partial charge >= 0.3 is 0 Å². The molecule has 0 saturated carbocycles. The SMILES string of the molecule is O=C1CCc2c1ccc(I)c2Br. The molecule has 0 atom stereocenters. The molecule has 62 valence electrons. The molecule has 0 radical (unpaired) electrons. The number of carbonyl (C=O) groups excluding carboxylic acids is 1. The zero-order valence-electron chi connectivity index (χ0n) is 6.23. The fraction of sp³-hybridized carbons (Fsp3) is 0.222. The van der Waals surface area contributed by atoms with E-state index in [1.165, 1.54) is 9.13 Å². The zero-order valence-corrected chi connectivity index (χ0v) is 9.98. The van der Waals surface area contributed by atoms with E-state index in [0.717, 1.165) is 16.5 Å². The summed E-state index contributed by atoms with van der Waals surface area (Å²) in [5.41, 5.74) is 2.09. The highest BCUT2D eigenvalue weighted by molar-refractivity contribution is 14.1. The molecule has 1 aliphatic rings. The van der Waals surface area contributed by atoms with Crippen molar-refractivity contribution in [3.8, 4) is 0 Å². The van der Waals surface area contributed by atoms with Crippen molar-refractivity contribution in [3.63, 3.8) is 0 Å². The third-order valence-corrected chi connectivity index (χ3v) is 4.64. The van der Waals surface area contributed by atoms with E-state index in [0.29, 0.717) is 6.42 Å². The van der Waals surface area contributed by atoms with Crippen LogP contribution in [0.1, 0.15) is 22.3 Å². The molecular weight excluding hydrogens is 331 g/mol. The van der Waals surface area contributed by atoms with Crippen molar-refractivity contribution < 1.29 is 4.79 Å². The van der Waals surface area contributed by atoms with Gasteiger partial charge in [0.2, 0.25) is 0 Å². The summed E-state index contributed by atoms with van der Waals surface area (Å²) in [6.45, 7) is 0. The third-order valence-electron chi connectivity index (χ3n) is 2.10. The van der Waals surface area contributed by atoms with Gasteiger partial charge in [-0.25, -0.2) is 0 Å². The molecule has 3 heteroatoms. The highest BCUT2D eigenvalue weighted by Crippen LogP contribution is 2.32. The monoisotopic (exact) mass is 336 g/mol. The van der Waals surface area contributed by atoms with Crippen LogP contribution in [-0.4, -0.2) is 5.78 Å². The molecule has 1 aromatic rings. The topological polar surface area (TPSA) is 17.1 Å². The maximum absolute atomic E-state index is 11.3. The van der Waals surface area contributed by atoms with Gasteiger partial charge in [-0.1, -0.05) is 6.07 Å². The smallest absolute Gasteiger partial charge is 0.163 e. The molecule has 1 aliphatic carbocycles. The number of halogens is 2. The number of carbonyl (C=O) groups is 1. The molecule has 1 nitrogen and oxygen atoms in total. The predicted molar refractivity (Wildman–Crippen MR) is 59.5 cm³/mol. The lowest BCUT2D eigenvalue weighted by Gasteiger charge is -2.02. The van der Waals surface area contributed by atoms with Crippen LogP contribution in [0.5, 0.6) is 0 Å². The summed E-state index contributed by atoms with van der Waals surface area (Å²) >= 11 is 5.77. The summed E-state index contributed by atoms with van der Waals surface area (Å²) in [4.78, 5) is 11.3. The van der Waals surface area contributed by atoms with Crippen molar-refractivity contribution in [3.05, 3.63) is 31.3 Å². The largest absolute Gasteiger partial charge is 0.294 e. The van der Waals surface area contributed by atoms with E-state index in [4.69, 9.17) is 0 Å². The summed E-state index contributed by atoms with van der Waals surface area (Å²) < 4.78 is 2.28. The molecule has 12 heavy (non-hydrogen) atoms. The first-order valence-electron chi connectivity index (χ1n) is 3.70. The fourth-order valence-electron chi connectivity index (χ4n) is 1.47. The molecule has 0 fully saturated rings. The van der Waals surface area contributed by atoms with Crippen molar-refractivity contribution in [1.82, 2.24) is 0 Å². The van der Waals surface area contributed by atoms with Crippen molar-refractivity contribution in [2.45, 2.75) is 12.8 Å². The van der Waals surface area contributed by atoms with E-state index >= 15 is 0 Å². The van der Waals surface area contributed by atoms with Gasteiger partial charge < -0.3 is 0 Å². The second-order valence-electron chi connectivity index (χ2n) is 2.81. The lowest BCUT2D eigenvalue weighted by molar-refractivity contribution is 0.0994. The molecule has 0 spiro atoms. The average molecular weight is 337 g/mol. The number of hydrogen-bond acceptors (Lipinski definition) is 1. The van der Waals surface area contributed by atoms with E-state index in [-0.39, 0.29) is 5.78 Å². The van der Waals surface area contributed by atoms with Gasteiger partial charge in [0.05, 0.1) is 0 Å². The van der Waals surface area contributed by atoms with Crippen LogP contribution < -0.4 is 0 Å². The molecular formula is C9H6BrIO. The maximum Gasteiger partial charge on any atom is 0.163 e. The van der Waals surface area contributed by atoms with Crippen molar-refractivity contribution in [1.29, 1.82) is 0 Å². The van der Waals surface area contributed by atoms with E-state index in [9.17, 15) is 4.79 Å². The molecule has 0 amide bonds. The first-order valence-corrected chi connectivity index (χ1v) is 5.57. The van der Waals surface area contributed by atoms with Crippen LogP contribution in [0.3, 0.4) is 0 Å². The van der Waals surface area contributed by atoms with E-state index in [1.807, 2.05) is 12.1 Å². The second kappa shape index (κ2) is 3.10. The summed E-state index contributed by atoms with van der Waals surface area (Å²) in [5.74, 6) is 0.280. The second-order valence-corrected chi connectivity index (χ2v) is 4.77. The van der Waals surface area contributed by atoms with E-state index in [1.54, 1.807) is 0 Å². The molecule has 0 aromatic heterocycles. The average Bonchev–Trinajstić information content (AvgIpc) is 2.41. The van der Waals surface area contributed by atoms with Gasteiger partial charge in [-0.15, -0.1) is 0 Å². The summed E-state index contributed by atoms with van der Waals surface area (Å²) in [7, 11) is 0. The zero-order chi connectivity index (χ0) is 8.72. The Kier molecular flexibility index (Phi) is 2.25. The molecule has 0 bridgehead atoms. The fourth-order valence-corrected chi connectivity index (χ4v) is 2.52. The molecule has 0 saturated heterocycles. The van der Waals surface area contributed by atoms with Crippen LogP contribution in [0, 0.1) is 3.57 Å². The minimum Gasteiger partial charge on any atom is -0.294 e. The van der Waals surface area contributed by atoms with Crippen LogP contribution in [0.25, 0.3) is 0 Å². The molecule has 0 unspecified atom stereocenters. The molecule has 0 aliphatic heterocycles.